The third-order valence-corrected chi connectivity index (χ3v) is 6.52. The molecule has 1 aromatic heterocycles. The van der Waals surface area contributed by atoms with Gasteiger partial charge in [0.1, 0.15) is 5.25 Å². The second-order valence-electron chi connectivity index (χ2n) is 5.72. The minimum Gasteiger partial charge on any atom is -0.351 e. The van der Waals surface area contributed by atoms with Gasteiger partial charge in [-0.25, -0.2) is 0 Å². The second kappa shape index (κ2) is 6.07. The molecule has 0 saturated heterocycles. The first-order chi connectivity index (χ1) is 10.8. The lowest BCUT2D eigenvalue weighted by Gasteiger charge is -2.21. The van der Waals surface area contributed by atoms with Gasteiger partial charge in [-0.15, -0.1) is 23.1 Å². The number of rotatable bonds is 3. The van der Waals surface area contributed by atoms with Gasteiger partial charge in [-0.05, 0) is 45.9 Å². The fourth-order valence-electron chi connectivity index (χ4n) is 3.10. The van der Waals surface area contributed by atoms with E-state index < -0.39 is 0 Å². The summed E-state index contributed by atoms with van der Waals surface area (Å²) < 4.78 is 0. The van der Waals surface area contributed by atoms with Crippen molar-refractivity contribution >= 4 is 29.0 Å². The molecular formula is C17H18N2OS2. The minimum atomic E-state index is -0.0360. The summed E-state index contributed by atoms with van der Waals surface area (Å²) in [5.41, 5.74) is 5.14. The van der Waals surface area contributed by atoms with Gasteiger partial charge in [0, 0.05) is 24.5 Å². The first-order valence-electron chi connectivity index (χ1n) is 7.58. The summed E-state index contributed by atoms with van der Waals surface area (Å²) in [5, 5.41) is 8.53. The van der Waals surface area contributed by atoms with Gasteiger partial charge in [-0.3, -0.25) is 4.79 Å². The van der Waals surface area contributed by atoms with Crippen molar-refractivity contribution < 1.29 is 4.79 Å². The Morgan fingerprint density at radius 1 is 1.27 bits per heavy atom. The molecule has 0 aliphatic carbocycles. The van der Waals surface area contributed by atoms with Gasteiger partial charge < -0.3 is 10.6 Å². The number of carbonyl (C=O) groups is 1. The summed E-state index contributed by atoms with van der Waals surface area (Å²) >= 11 is 3.53. The zero-order valence-electron chi connectivity index (χ0n) is 12.2. The summed E-state index contributed by atoms with van der Waals surface area (Å²) in [5.74, 6) is 1.18. The van der Waals surface area contributed by atoms with Crippen molar-refractivity contribution in [2.45, 2.75) is 31.3 Å². The average molecular weight is 330 g/mol. The number of carbonyl (C=O) groups excluding carboxylic acids is 1. The fourth-order valence-corrected chi connectivity index (χ4v) is 5.42. The highest BCUT2D eigenvalue weighted by atomic mass is 32.2. The van der Waals surface area contributed by atoms with Gasteiger partial charge in [-0.1, -0.05) is 18.2 Å². The van der Waals surface area contributed by atoms with Crippen molar-refractivity contribution in [2.75, 3.05) is 5.75 Å². The molecule has 2 aromatic rings. The van der Waals surface area contributed by atoms with Crippen LogP contribution in [0.3, 0.4) is 0 Å². The Morgan fingerprint density at radius 3 is 3.14 bits per heavy atom. The SMILES string of the molecule is O=C(NCc1ccc2c(c1)CNC2)C1SCCc2sccc21. The minimum absolute atomic E-state index is 0.0360. The van der Waals surface area contributed by atoms with E-state index in [2.05, 4.69) is 40.3 Å². The van der Waals surface area contributed by atoms with Crippen LogP contribution in [0.5, 0.6) is 0 Å². The summed E-state index contributed by atoms with van der Waals surface area (Å²) in [6.45, 7) is 2.51. The fraction of sp³-hybridized carbons (Fsp3) is 0.353. The van der Waals surface area contributed by atoms with Crippen LogP contribution in [0.4, 0.5) is 0 Å². The Morgan fingerprint density at radius 2 is 2.18 bits per heavy atom. The van der Waals surface area contributed by atoms with E-state index in [0.717, 1.165) is 25.3 Å². The summed E-state index contributed by atoms with van der Waals surface area (Å²) in [6.07, 6.45) is 1.10. The van der Waals surface area contributed by atoms with Gasteiger partial charge in [0.15, 0.2) is 0 Å². The van der Waals surface area contributed by atoms with Gasteiger partial charge >= 0.3 is 0 Å². The summed E-state index contributed by atoms with van der Waals surface area (Å²) in [6, 6.07) is 8.61. The third kappa shape index (κ3) is 2.69. The van der Waals surface area contributed by atoms with Gasteiger partial charge in [0.2, 0.25) is 5.91 Å². The number of nitrogens with one attached hydrogen (secondary N) is 2. The molecule has 2 N–H and O–H groups in total. The predicted molar refractivity (Wildman–Crippen MR) is 92.1 cm³/mol. The second-order valence-corrected chi connectivity index (χ2v) is 7.94. The van der Waals surface area contributed by atoms with E-state index in [1.165, 1.54) is 27.1 Å². The predicted octanol–water partition coefficient (Wildman–Crippen LogP) is 3.00. The standard InChI is InChI=1S/C17H18N2OS2/c20-17(16-14-3-5-21-15(14)4-6-22-16)19-8-11-1-2-12-9-18-10-13(12)7-11/h1-3,5,7,16,18H,4,6,8-10H2,(H,19,20). The maximum Gasteiger partial charge on any atom is 0.237 e. The molecule has 4 rings (SSSR count). The number of amides is 1. The molecule has 3 heterocycles. The Kier molecular flexibility index (Phi) is 3.94. The van der Waals surface area contributed by atoms with Crippen molar-refractivity contribution in [3.8, 4) is 0 Å². The molecule has 22 heavy (non-hydrogen) atoms. The molecule has 2 aliphatic rings. The highest BCUT2D eigenvalue weighted by molar-refractivity contribution is 8.00. The van der Waals surface area contributed by atoms with E-state index in [4.69, 9.17) is 0 Å². The number of hydrogen-bond donors (Lipinski definition) is 2. The van der Waals surface area contributed by atoms with Crippen LogP contribution in [0.2, 0.25) is 0 Å². The summed E-state index contributed by atoms with van der Waals surface area (Å²) in [7, 11) is 0. The van der Waals surface area contributed by atoms with Crippen molar-refractivity contribution in [1.82, 2.24) is 10.6 Å². The van der Waals surface area contributed by atoms with Crippen LogP contribution in [0.1, 0.15) is 32.4 Å². The van der Waals surface area contributed by atoms with Crippen LogP contribution >= 0.6 is 23.1 Å². The quantitative estimate of drug-likeness (QED) is 0.909. The van der Waals surface area contributed by atoms with Crippen LogP contribution < -0.4 is 10.6 Å². The summed E-state index contributed by atoms with van der Waals surface area (Å²) in [4.78, 5) is 13.9. The zero-order valence-corrected chi connectivity index (χ0v) is 13.9. The van der Waals surface area contributed by atoms with Crippen LogP contribution in [0, 0.1) is 0 Å². The largest absolute Gasteiger partial charge is 0.351 e. The lowest BCUT2D eigenvalue weighted by atomic mass is 10.1. The van der Waals surface area contributed by atoms with Crippen molar-refractivity contribution in [2.24, 2.45) is 0 Å². The van der Waals surface area contributed by atoms with E-state index in [1.54, 1.807) is 23.1 Å². The van der Waals surface area contributed by atoms with Crippen LogP contribution in [0.25, 0.3) is 0 Å². The van der Waals surface area contributed by atoms with Crippen molar-refractivity contribution in [3.63, 3.8) is 0 Å². The number of benzene rings is 1. The first kappa shape index (κ1) is 14.3. The van der Waals surface area contributed by atoms with Gasteiger partial charge in [-0.2, -0.15) is 0 Å². The zero-order chi connectivity index (χ0) is 14.9. The molecule has 1 aromatic carbocycles. The molecule has 0 bridgehead atoms. The Bertz CT molecular complexity index is 710. The molecule has 114 valence electrons. The van der Waals surface area contributed by atoms with E-state index in [-0.39, 0.29) is 11.2 Å². The van der Waals surface area contributed by atoms with Crippen LogP contribution in [-0.2, 0) is 30.8 Å². The molecule has 0 spiro atoms. The topological polar surface area (TPSA) is 41.1 Å². The molecular weight excluding hydrogens is 312 g/mol. The molecule has 0 saturated carbocycles. The molecule has 1 unspecified atom stereocenters. The smallest absolute Gasteiger partial charge is 0.237 e. The molecule has 2 aliphatic heterocycles. The number of aryl methyl sites for hydroxylation is 1. The van der Waals surface area contributed by atoms with Crippen molar-refractivity contribution in [1.29, 1.82) is 0 Å². The highest BCUT2D eigenvalue weighted by Crippen LogP contribution is 2.39. The van der Waals surface area contributed by atoms with Crippen molar-refractivity contribution in [3.05, 3.63) is 56.8 Å². The third-order valence-electron chi connectivity index (χ3n) is 4.28. The lowest BCUT2D eigenvalue weighted by Crippen LogP contribution is -2.29. The molecule has 5 heteroatoms. The number of fused-ring (bicyclic) bond motifs is 2. The van der Waals surface area contributed by atoms with Gasteiger partial charge in [0.05, 0.1) is 0 Å². The first-order valence-corrected chi connectivity index (χ1v) is 9.51. The Balaban J connectivity index is 1.43. The number of hydrogen-bond acceptors (Lipinski definition) is 4. The Hall–Kier alpha value is -1.30. The maximum atomic E-state index is 12.5. The van der Waals surface area contributed by atoms with E-state index in [1.807, 2.05) is 0 Å². The maximum absolute atomic E-state index is 12.5. The van der Waals surface area contributed by atoms with Crippen LogP contribution in [0.15, 0.2) is 29.6 Å². The number of thioether (sulfide) groups is 1. The Labute approximate surface area is 138 Å². The van der Waals surface area contributed by atoms with E-state index in [0.29, 0.717) is 6.54 Å². The van der Waals surface area contributed by atoms with E-state index in [9.17, 15) is 4.79 Å². The monoisotopic (exact) mass is 330 g/mol. The van der Waals surface area contributed by atoms with E-state index >= 15 is 0 Å². The van der Waals surface area contributed by atoms with Gasteiger partial charge in [0.25, 0.3) is 0 Å². The molecule has 0 radical (unpaired) electrons. The van der Waals surface area contributed by atoms with Crippen LogP contribution in [-0.4, -0.2) is 11.7 Å². The average Bonchev–Trinajstić information content (AvgIpc) is 3.20. The highest BCUT2D eigenvalue weighted by Gasteiger charge is 2.27. The lowest BCUT2D eigenvalue weighted by molar-refractivity contribution is -0.120. The number of thiophene rings is 1. The normalized spacial score (nSPS) is 19.5. The molecule has 0 fully saturated rings. The molecule has 1 atom stereocenters. The molecule has 3 nitrogen and oxygen atoms in total. The molecule has 1 amide bonds.